The lowest BCUT2D eigenvalue weighted by molar-refractivity contribution is -0.117. The minimum Gasteiger partial charge on any atom is -0.357 e. The van der Waals surface area contributed by atoms with Crippen molar-refractivity contribution in [3.8, 4) is 17.3 Å². The number of carbonyl (C=O) groups excluding carboxylic acids is 1. The molecule has 32 heavy (non-hydrogen) atoms. The van der Waals surface area contributed by atoms with Crippen LogP contribution in [0.25, 0.3) is 11.3 Å². The molecular formula is C24H25N7O. The Kier molecular flexibility index (Phi) is 6.26. The molecule has 1 aliphatic rings. The lowest BCUT2D eigenvalue weighted by Gasteiger charge is -2.19. The molecule has 2 N–H and O–H groups in total. The Morgan fingerprint density at radius 1 is 1.16 bits per heavy atom. The van der Waals surface area contributed by atoms with Gasteiger partial charge < -0.3 is 15.5 Å². The molecule has 0 aliphatic heterocycles. The second-order valence-corrected chi connectivity index (χ2v) is 7.60. The highest BCUT2D eigenvalue weighted by molar-refractivity contribution is 5.95. The molecule has 3 aromatic rings. The third-order valence-corrected chi connectivity index (χ3v) is 5.39. The Bertz CT molecular complexity index is 1150. The van der Waals surface area contributed by atoms with Crippen molar-refractivity contribution >= 4 is 29.0 Å². The molecule has 2 heterocycles. The first kappa shape index (κ1) is 21.2. The van der Waals surface area contributed by atoms with E-state index in [-0.39, 0.29) is 11.8 Å². The number of carbonyl (C=O) groups is 1. The maximum absolute atomic E-state index is 12.1. The van der Waals surface area contributed by atoms with E-state index >= 15 is 0 Å². The summed E-state index contributed by atoms with van der Waals surface area (Å²) in [6, 6.07) is 13.2. The third-order valence-electron chi connectivity index (χ3n) is 5.39. The van der Waals surface area contributed by atoms with Crippen LogP contribution >= 0.6 is 0 Å². The number of anilines is 4. The molecule has 0 atom stereocenters. The first-order chi connectivity index (χ1) is 15.6. The predicted octanol–water partition coefficient (Wildman–Crippen LogP) is 4.35. The van der Waals surface area contributed by atoms with Crippen LogP contribution in [0.3, 0.4) is 0 Å². The van der Waals surface area contributed by atoms with Crippen LogP contribution in [0, 0.1) is 17.2 Å². The molecule has 8 nitrogen and oxygen atoms in total. The van der Waals surface area contributed by atoms with E-state index in [4.69, 9.17) is 0 Å². The van der Waals surface area contributed by atoms with E-state index < -0.39 is 0 Å². The number of benzene rings is 1. The SMILES string of the molecule is CCN(CC)c1ccc(Nc2nccc(-c3ccc(NC(=O)C4CC4)c(C#N)c3)n2)cn1. The average molecular weight is 428 g/mol. The van der Waals surface area contributed by atoms with Gasteiger partial charge in [0.1, 0.15) is 11.9 Å². The highest BCUT2D eigenvalue weighted by Crippen LogP contribution is 2.31. The molecule has 0 bridgehead atoms. The van der Waals surface area contributed by atoms with Gasteiger partial charge in [0.15, 0.2) is 0 Å². The van der Waals surface area contributed by atoms with Crippen LogP contribution in [0.1, 0.15) is 32.3 Å². The van der Waals surface area contributed by atoms with Gasteiger partial charge >= 0.3 is 0 Å². The lowest BCUT2D eigenvalue weighted by Crippen LogP contribution is -2.22. The van der Waals surface area contributed by atoms with Gasteiger partial charge in [0.25, 0.3) is 0 Å². The van der Waals surface area contributed by atoms with Crippen LogP contribution in [0.5, 0.6) is 0 Å². The first-order valence-electron chi connectivity index (χ1n) is 10.8. The standard InChI is InChI=1S/C24H25N7O/c1-3-31(4-2)22-10-8-19(15-27-22)28-24-26-12-11-21(30-24)17-7-9-20(18(13-17)14-25)29-23(32)16-5-6-16/h7-13,15-16H,3-6H2,1-2H3,(H,29,32)(H,26,28,30). The summed E-state index contributed by atoms with van der Waals surface area (Å²) in [4.78, 5) is 27.6. The summed E-state index contributed by atoms with van der Waals surface area (Å²) in [6.45, 7) is 5.99. The van der Waals surface area contributed by atoms with Gasteiger partial charge in [0, 0.05) is 30.8 Å². The Balaban J connectivity index is 1.51. The highest BCUT2D eigenvalue weighted by atomic mass is 16.2. The fraction of sp³-hybridized carbons (Fsp3) is 0.292. The maximum atomic E-state index is 12.1. The fourth-order valence-corrected chi connectivity index (χ4v) is 3.39. The number of hydrogen-bond acceptors (Lipinski definition) is 7. The van der Waals surface area contributed by atoms with Gasteiger partial charge in [-0.05, 0) is 57.0 Å². The van der Waals surface area contributed by atoms with E-state index in [1.807, 2.05) is 18.2 Å². The summed E-state index contributed by atoms with van der Waals surface area (Å²) in [7, 11) is 0. The van der Waals surface area contributed by atoms with Gasteiger partial charge in [0.2, 0.25) is 11.9 Å². The summed E-state index contributed by atoms with van der Waals surface area (Å²) in [5.41, 5.74) is 3.16. The van der Waals surface area contributed by atoms with Gasteiger partial charge in [-0.1, -0.05) is 6.07 Å². The minimum absolute atomic E-state index is 0.0246. The van der Waals surface area contributed by atoms with Crippen molar-refractivity contribution in [2.45, 2.75) is 26.7 Å². The van der Waals surface area contributed by atoms with Crippen LogP contribution in [0.4, 0.5) is 23.1 Å². The Morgan fingerprint density at radius 3 is 2.62 bits per heavy atom. The van der Waals surface area contributed by atoms with Crippen molar-refractivity contribution in [3.63, 3.8) is 0 Å². The van der Waals surface area contributed by atoms with Crippen molar-refractivity contribution < 1.29 is 4.79 Å². The number of hydrogen-bond donors (Lipinski definition) is 2. The molecule has 2 aromatic heterocycles. The Morgan fingerprint density at radius 2 is 1.97 bits per heavy atom. The summed E-state index contributed by atoms with van der Waals surface area (Å²) < 4.78 is 0. The molecular weight excluding hydrogens is 402 g/mol. The van der Waals surface area contributed by atoms with Gasteiger partial charge in [-0.15, -0.1) is 0 Å². The maximum Gasteiger partial charge on any atom is 0.227 e. The zero-order chi connectivity index (χ0) is 22.5. The quantitative estimate of drug-likeness (QED) is 0.550. The number of aromatic nitrogens is 3. The zero-order valence-electron chi connectivity index (χ0n) is 18.2. The van der Waals surface area contributed by atoms with E-state index in [1.165, 1.54) is 0 Å². The molecule has 0 spiro atoms. The predicted molar refractivity (Wildman–Crippen MR) is 125 cm³/mol. The second kappa shape index (κ2) is 9.43. The van der Waals surface area contributed by atoms with Crippen LogP contribution in [-0.2, 0) is 4.79 Å². The number of nitrogens with one attached hydrogen (secondary N) is 2. The number of pyridine rings is 1. The Hall–Kier alpha value is -3.99. The van der Waals surface area contributed by atoms with Gasteiger partial charge in [-0.3, -0.25) is 4.79 Å². The molecule has 162 valence electrons. The second-order valence-electron chi connectivity index (χ2n) is 7.60. The Labute approximate surface area is 187 Å². The van der Waals surface area contributed by atoms with E-state index in [0.717, 1.165) is 43.0 Å². The molecule has 0 unspecified atom stereocenters. The number of nitrogens with zero attached hydrogens (tertiary/aromatic N) is 5. The molecule has 1 aromatic carbocycles. The third kappa shape index (κ3) is 4.83. The van der Waals surface area contributed by atoms with Crippen LogP contribution in [0.2, 0.25) is 0 Å². The number of nitriles is 1. The first-order valence-corrected chi connectivity index (χ1v) is 10.8. The molecule has 1 amide bonds. The number of amides is 1. The minimum atomic E-state index is -0.0246. The average Bonchev–Trinajstić information content (AvgIpc) is 3.67. The largest absolute Gasteiger partial charge is 0.357 e. The highest BCUT2D eigenvalue weighted by Gasteiger charge is 2.30. The fourth-order valence-electron chi connectivity index (χ4n) is 3.39. The van der Waals surface area contributed by atoms with Crippen molar-refractivity contribution in [1.29, 1.82) is 5.26 Å². The van der Waals surface area contributed by atoms with Crippen LogP contribution in [-0.4, -0.2) is 33.9 Å². The van der Waals surface area contributed by atoms with Crippen molar-refractivity contribution in [1.82, 2.24) is 15.0 Å². The van der Waals surface area contributed by atoms with Crippen LogP contribution in [0.15, 0.2) is 48.8 Å². The van der Waals surface area contributed by atoms with Crippen molar-refractivity contribution in [2.75, 3.05) is 28.6 Å². The van der Waals surface area contributed by atoms with Crippen molar-refractivity contribution in [3.05, 3.63) is 54.4 Å². The van der Waals surface area contributed by atoms with E-state index in [0.29, 0.717) is 22.9 Å². The topological polar surface area (TPSA) is 107 Å². The molecule has 1 aliphatic carbocycles. The summed E-state index contributed by atoms with van der Waals surface area (Å²) in [6.07, 6.45) is 5.25. The van der Waals surface area contributed by atoms with Crippen LogP contribution < -0.4 is 15.5 Å². The van der Waals surface area contributed by atoms with Gasteiger partial charge in [-0.25, -0.2) is 15.0 Å². The molecule has 1 saturated carbocycles. The van der Waals surface area contributed by atoms with Gasteiger partial charge in [-0.2, -0.15) is 5.26 Å². The van der Waals surface area contributed by atoms with E-state index in [1.54, 1.807) is 30.6 Å². The molecule has 1 fully saturated rings. The van der Waals surface area contributed by atoms with E-state index in [9.17, 15) is 10.1 Å². The summed E-state index contributed by atoms with van der Waals surface area (Å²) >= 11 is 0. The van der Waals surface area contributed by atoms with E-state index in [2.05, 4.69) is 50.4 Å². The smallest absolute Gasteiger partial charge is 0.227 e. The number of rotatable bonds is 8. The van der Waals surface area contributed by atoms with Crippen molar-refractivity contribution in [2.24, 2.45) is 5.92 Å². The molecule has 8 heteroatoms. The van der Waals surface area contributed by atoms with Gasteiger partial charge in [0.05, 0.1) is 28.8 Å². The molecule has 4 rings (SSSR count). The molecule has 0 saturated heterocycles. The zero-order valence-corrected chi connectivity index (χ0v) is 18.2. The lowest BCUT2D eigenvalue weighted by atomic mass is 10.1. The summed E-state index contributed by atoms with van der Waals surface area (Å²) in [5, 5.41) is 15.6. The monoisotopic (exact) mass is 427 g/mol. The summed E-state index contributed by atoms with van der Waals surface area (Å²) in [5.74, 6) is 1.41. The normalized spacial score (nSPS) is 12.7. The molecule has 0 radical (unpaired) electrons.